The van der Waals surface area contributed by atoms with Crippen LogP contribution in [0.4, 0.5) is 0 Å². The van der Waals surface area contributed by atoms with Gasteiger partial charge in [0.15, 0.2) is 0 Å². The molecule has 94 valence electrons. The van der Waals surface area contributed by atoms with Crippen molar-refractivity contribution in [2.75, 3.05) is 13.1 Å². The number of carboxylic acid groups (broad SMARTS) is 1. The number of fused-ring (bicyclic) bond motifs is 1. The van der Waals surface area contributed by atoms with Crippen molar-refractivity contribution >= 4 is 11.9 Å². The van der Waals surface area contributed by atoms with Gasteiger partial charge in [0.25, 0.3) is 0 Å². The second-order valence-corrected chi connectivity index (χ2v) is 5.99. The summed E-state index contributed by atoms with van der Waals surface area (Å²) in [5, 5.41) is 9.38. The minimum Gasteiger partial charge on any atom is -0.481 e. The minimum atomic E-state index is -0.737. The average molecular weight is 239 g/mol. The van der Waals surface area contributed by atoms with Gasteiger partial charge in [0, 0.05) is 25.9 Å². The van der Waals surface area contributed by atoms with E-state index in [1.807, 2.05) is 6.92 Å². The van der Waals surface area contributed by atoms with Gasteiger partial charge in [-0.15, -0.1) is 0 Å². The van der Waals surface area contributed by atoms with Crippen LogP contribution in [0.25, 0.3) is 0 Å². The van der Waals surface area contributed by atoms with Crippen LogP contribution < -0.4 is 0 Å². The first-order chi connectivity index (χ1) is 7.86. The second-order valence-electron chi connectivity index (χ2n) is 5.99. The van der Waals surface area contributed by atoms with Crippen molar-refractivity contribution in [3.05, 3.63) is 0 Å². The monoisotopic (exact) mass is 239 g/mol. The highest BCUT2D eigenvalue weighted by molar-refractivity contribution is 5.79. The maximum absolute atomic E-state index is 11.4. The highest BCUT2D eigenvalue weighted by Crippen LogP contribution is 2.63. The zero-order valence-electron chi connectivity index (χ0n) is 10.1. The summed E-state index contributed by atoms with van der Waals surface area (Å²) in [7, 11) is 0. The number of aliphatic carboxylic acids is 1. The van der Waals surface area contributed by atoms with Crippen LogP contribution >= 0.6 is 0 Å². The topological polar surface area (TPSA) is 66.8 Å². The van der Waals surface area contributed by atoms with Crippen LogP contribution in [0.3, 0.4) is 0 Å². The second kappa shape index (κ2) is 3.02. The third-order valence-electron chi connectivity index (χ3n) is 4.54. The van der Waals surface area contributed by atoms with Crippen LogP contribution in [0, 0.1) is 11.3 Å². The molecule has 1 amide bonds. The van der Waals surface area contributed by atoms with Crippen LogP contribution in [-0.4, -0.2) is 46.7 Å². The molecule has 3 aliphatic heterocycles. The maximum atomic E-state index is 11.4. The van der Waals surface area contributed by atoms with E-state index in [0.29, 0.717) is 25.9 Å². The highest BCUT2D eigenvalue weighted by Gasteiger charge is 2.71. The van der Waals surface area contributed by atoms with Crippen LogP contribution in [-0.2, 0) is 14.3 Å². The lowest BCUT2D eigenvalue weighted by Crippen LogP contribution is -2.58. The first-order valence-corrected chi connectivity index (χ1v) is 6.03. The van der Waals surface area contributed by atoms with Gasteiger partial charge < -0.3 is 14.7 Å². The van der Waals surface area contributed by atoms with Crippen molar-refractivity contribution < 1.29 is 19.4 Å². The molecule has 1 N–H and O–H groups in total. The summed E-state index contributed by atoms with van der Waals surface area (Å²) in [6.07, 6.45) is 1.04. The molecule has 0 spiro atoms. The number of rotatable bonds is 2. The molecule has 1 unspecified atom stereocenters. The number of likely N-dealkylation sites (tertiary alicyclic amines) is 1. The van der Waals surface area contributed by atoms with Crippen LogP contribution in [0.5, 0.6) is 0 Å². The number of carboxylic acids is 1. The fourth-order valence-corrected chi connectivity index (χ4v) is 3.77. The SMILES string of the molecule is CC(=O)N1CC(C2OC3(C)CC2(C(=O)O)C3)C1. The van der Waals surface area contributed by atoms with E-state index in [9.17, 15) is 14.7 Å². The largest absolute Gasteiger partial charge is 0.481 e. The van der Waals surface area contributed by atoms with Crippen molar-refractivity contribution in [1.29, 1.82) is 0 Å². The molecule has 0 radical (unpaired) electrons. The smallest absolute Gasteiger partial charge is 0.312 e. The summed E-state index contributed by atoms with van der Waals surface area (Å²) in [4.78, 5) is 24.3. The molecule has 4 fully saturated rings. The lowest BCUT2D eigenvalue weighted by atomic mass is 9.58. The fourth-order valence-electron chi connectivity index (χ4n) is 3.77. The summed E-state index contributed by atoms with van der Waals surface area (Å²) in [6, 6.07) is 0. The number of carbonyl (C=O) groups excluding carboxylic acids is 1. The van der Waals surface area contributed by atoms with Crippen molar-refractivity contribution in [2.45, 2.75) is 38.4 Å². The quantitative estimate of drug-likeness (QED) is 0.761. The third kappa shape index (κ3) is 1.29. The van der Waals surface area contributed by atoms with Crippen molar-refractivity contribution in [2.24, 2.45) is 11.3 Å². The fraction of sp³-hybridized carbons (Fsp3) is 0.833. The summed E-state index contributed by atoms with van der Waals surface area (Å²) in [5.41, 5.74) is -0.915. The Morgan fingerprint density at radius 2 is 1.94 bits per heavy atom. The molecule has 17 heavy (non-hydrogen) atoms. The predicted molar refractivity (Wildman–Crippen MR) is 58.3 cm³/mol. The Bertz CT molecular complexity index is 393. The van der Waals surface area contributed by atoms with Crippen molar-refractivity contribution in [1.82, 2.24) is 4.90 Å². The van der Waals surface area contributed by atoms with Gasteiger partial charge in [0.05, 0.1) is 17.1 Å². The van der Waals surface area contributed by atoms with Gasteiger partial charge >= 0.3 is 5.97 Å². The molecule has 3 heterocycles. The van der Waals surface area contributed by atoms with Gasteiger partial charge in [-0.25, -0.2) is 0 Å². The highest BCUT2D eigenvalue weighted by atomic mass is 16.5. The van der Waals surface area contributed by atoms with Crippen molar-refractivity contribution in [3.8, 4) is 0 Å². The van der Waals surface area contributed by atoms with Gasteiger partial charge in [-0.1, -0.05) is 0 Å². The van der Waals surface area contributed by atoms with E-state index in [-0.39, 0.29) is 23.5 Å². The number of carbonyl (C=O) groups is 2. The summed E-state index contributed by atoms with van der Waals surface area (Å²) in [5.74, 6) is -0.486. The number of amides is 1. The van der Waals surface area contributed by atoms with Gasteiger partial charge in [-0.05, 0) is 19.8 Å². The predicted octanol–water partition coefficient (Wildman–Crippen LogP) is 0.487. The van der Waals surface area contributed by atoms with Crippen LogP contribution in [0.1, 0.15) is 26.7 Å². The molecule has 1 aliphatic carbocycles. The lowest BCUT2D eigenvalue weighted by molar-refractivity contribution is -0.157. The lowest BCUT2D eigenvalue weighted by Gasteiger charge is -2.45. The standard InChI is InChI=1S/C12H17NO4/c1-7(14)13-3-8(4-13)9-12(10(15)16)5-11(2,6-12)17-9/h8-9H,3-6H2,1-2H3,(H,15,16). The molecule has 5 nitrogen and oxygen atoms in total. The van der Waals surface area contributed by atoms with Crippen LogP contribution in [0.15, 0.2) is 0 Å². The van der Waals surface area contributed by atoms with Crippen LogP contribution in [0.2, 0.25) is 0 Å². The van der Waals surface area contributed by atoms with Gasteiger partial charge in [0.1, 0.15) is 0 Å². The Balaban J connectivity index is 1.73. The molecular weight excluding hydrogens is 222 g/mol. The molecule has 4 rings (SSSR count). The zero-order valence-corrected chi connectivity index (χ0v) is 10.1. The molecule has 5 heteroatoms. The molecule has 0 aromatic carbocycles. The normalized spacial score (nSPS) is 44.1. The minimum absolute atomic E-state index is 0.0576. The van der Waals surface area contributed by atoms with E-state index in [1.54, 1.807) is 11.8 Å². The first kappa shape index (κ1) is 11.0. The Hall–Kier alpha value is -1.10. The molecule has 1 atom stereocenters. The van der Waals surface area contributed by atoms with E-state index in [4.69, 9.17) is 4.74 Å². The number of hydrogen-bond donors (Lipinski definition) is 1. The molecule has 3 saturated heterocycles. The van der Waals surface area contributed by atoms with E-state index in [0.717, 1.165) is 0 Å². The van der Waals surface area contributed by atoms with E-state index in [1.165, 1.54) is 0 Å². The maximum Gasteiger partial charge on any atom is 0.312 e. The van der Waals surface area contributed by atoms with Gasteiger partial charge in [-0.3, -0.25) is 9.59 Å². The summed E-state index contributed by atoms with van der Waals surface area (Å²) < 4.78 is 5.90. The summed E-state index contributed by atoms with van der Waals surface area (Å²) >= 11 is 0. The van der Waals surface area contributed by atoms with Gasteiger partial charge in [0.2, 0.25) is 5.91 Å². The Labute approximate surface area is 99.7 Å². The summed E-state index contributed by atoms with van der Waals surface area (Å²) in [6.45, 7) is 4.81. The number of hydrogen-bond acceptors (Lipinski definition) is 3. The molecule has 0 aromatic heterocycles. The Morgan fingerprint density at radius 3 is 2.41 bits per heavy atom. The Kier molecular flexibility index (Phi) is 1.95. The van der Waals surface area contributed by atoms with E-state index >= 15 is 0 Å². The molecule has 0 aromatic rings. The number of ether oxygens (including phenoxy) is 1. The van der Waals surface area contributed by atoms with Crippen molar-refractivity contribution in [3.63, 3.8) is 0 Å². The molecule has 4 aliphatic rings. The van der Waals surface area contributed by atoms with E-state index in [2.05, 4.69) is 0 Å². The molecular formula is C12H17NO4. The molecule has 2 bridgehead atoms. The Morgan fingerprint density at radius 1 is 1.35 bits per heavy atom. The molecule has 1 saturated carbocycles. The van der Waals surface area contributed by atoms with Gasteiger partial charge in [-0.2, -0.15) is 0 Å². The van der Waals surface area contributed by atoms with E-state index < -0.39 is 11.4 Å². The average Bonchev–Trinajstić information content (AvgIpc) is 2.50. The zero-order chi connectivity index (χ0) is 12.4. The first-order valence-electron chi connectivity index (χ1n) is 6.03. The third-order valence-corrected chi connectivity index (χ3v) is 4.54. The number of nitrogens with zero attached hydrogens (tertiary/aromatic N) is 1.